The molecular weight excluding hydrogens is 148 g/mol. The van der Waals surface area contributed by atoms with Crippen LogP contribution in [0.15, 0.2) is 23.4 Å². The zero-order valence-electron chi connectivity index (χ0n) is 5.07. The molecule has 0 saturated heterocycles. The van der Waals surface area contributed by atoms with E-state index >= 15 is 0 Å². The highest BCUT2D eigenvalue weighted by molar-refractivity contribution is 7.84. The molecule has 1 N–H and O–H groups in total. The molecule has 0 saturated carbocycles. The van der Waals surface area contributed by atoms with Crippen LogP contribution in [-0.2, 0) is 14.6 Å². The van der Waals surface area contributed by atoms with Crippen LogP contribution in [0, 0.1) is 0 Å². The highest BCUT2D eigenvalue weighted by atomic mass is 32.2. The summed E-state index contributed by atoms with van der Waals surface area (Å²) in [6.45, 7) is 0. The monoisotopic (exact) mass is 153 g/mol. The third-order valence-corrected chi connectivity index (χ3v) is 2.44. The van der Waals surface area contributed by atoms with Gasteiger partial charge in [-0.2, -0.15) is 0 Å². The Morgan fingerprint density at radius 2 is 2.50 bits per heavy atom. The van der Waals surface area contributed by atoms with E-state index in [1.807, 2.05) is 0 Å². The first-order valence-electron chi connectivity index (χ1n) is 2.82. The van der Waals surface area contributed by atoms with Crippen molar-refractivity contribution in [2.45, 2.75) is 4.90 Å². The van der Waals surface area contributed by atoms with E-state index in [0.717, 1.165) is 10.6 Å². The smallest absolute Gasteiger partial charge is 0.0486 e. The van der Waals surface area contributed by atoms with Crippen molar-refractivity contribution in [3.63, 3.8) is 0 Å². The fourth-order valence-electron chi connectivity index (χ4n) is 0.846. The maximum atomic E-state index is 11.0. The lowest BCUT2D eigenvalue weighted by molar-refractivity contribution is 0.603. The minimum atomic E-state index is -0.974. The van der Waals surface area contributed by atoms with Crippen molar-refractivity contribution >= 4 is 21.6 Å². The van der Waals surface area contributed by atoms with Crippen LogP contribution in [0.2, 0.25) is 0 Å². The molecule has 0 aliphatic carbocycles. The summed E-state index contributed by atoms with van der Waals surface area (Å²) < 4.78 is 11.0. The lowest BCUT2D eigenvalue weighted by Crippen LogP contribution is -1.87. The van der Waals surface area contributed by atoms with Gasteiger partial charge in [0, 0.05) is 18.1 Å². The molecule has 52 valence electrons. The van der Waals surface area contributed by atoms with Crippen molar-refractivity contribution in [2.75, 3.05) is 5.32 Å². The minimum absolute atomic E-state index is 0.815. The Bertz CT molecular complexity index is 341. The number of nitrogens with zero attached hydrogens (tertiary/aromatic N) is 1. The molecule has 1 aliphatic heterocycles. The quantitative estimate of drug-likeness (QED) is 0.438. The molecule has 0 bridgehead atoms. The topological polar surface area (TPSA) is 42.0 Å². The Morgan fingerprint density at radius 3 is 3.30 bits per heavy atom. The Morgan fingerprint density at radius 1 is 1.60 bits per heavy atom. The van der Waals surface area contributed by atoms with E-state index in [9.17, 15) is 4.21 Å². The first-order chi connectivity index (χ1) is 4.88. The molecule has 1 aliphatic rings. The van der Waals surface area contributed by atoms with Crippen LogP contribution in [0.25, 0.3) is 0 Å². The number of rotatable bonds is 0. The van der Waals surface area contributed by atoms with Crippen LogP contribution in [0.4, 0.5) is 5.69 Å². The first-order valence-corrected chi connectivity index (χ1v) is 4.04. The molecule has 1 aromatic heterocycles. The molecule has 4 heteroatoms. The molecule has 3 nitrogen and oxygen atoms in total. The number of fused-ring (bicyclic) bond motifs is 1. The molecule has 0 radical (unpaired) electrons. The van der Waals surface area contributed by atoms with Crippen molar-refractivity contribution in [1.29, 1.82) is 0 Å². The normalized spacial score (nSPS) is 15.6. The van der Waals surface area contributed by atoms with Gasteiger partial charge in [-0.15, -0.1) is 0 Å². The summed E-state index contributed by atoms with van der Waals surface area (Å²) in [5, 5.41) is 2.86. The minimum Gasteiger partial charge on any atom is -0.456 e. The van der Waals surface area contributed by atoms with Crippen LogP contribution in [0.1, 0.15) is 0 Å². The Labute approximate surface area is 60.1 Å². The molecule has 0 amide bonds. The molecule has 10 heavy (non-hydrogen) atoms. The maximum Gasteiger partial charge on any atom is 0.0486 e. The molecule has 0 atom stereocenters. The van der Waals surface area contributed by atoms with E-state index in [-0.39, 0.29) is 0 Å². The number of hydrogen-bond acceptors (Lipinski definition) is 4. The third kappa shape index (κ3) is 0.690. The maximum absolute atomic E-state index is 11.0. The Kier molecular flexibility index (Phi) is 1.14. The molecule has 0 unspecified atom stereocenters. The van der Waals surface area contributed by atoms with Crippen LogP contribution in [-0.4, -0.2) is 10.5 Å². The van der Waals surface area contributed by atoms with Crippen molar-refractivity contribution in [2.24, 2.45) is 0 Å². The second-order valence-electron chi connectivity index (χ2n) is 1.93. The number of hydrogen-bond donors (Lipinski definition) is 1. The highest BCUT2D eigenvalue weighted by Crippen LogP contribution is 2.17. The van der Waals surface area contributed by atoms with Gasteiger partial charge in [0.25, 0.3) is 0 Å². The van der Waals surface area contributed by atoms with Crippen LogP contribution in [0.5, 0.6) is 0 Å². The van der Waals surface area contributed by atoms with Crippen LogP contribution in [0.3, 0.4) is 0 Å². The van der Waals surface area contributed by atoms with Gasteiger partial charge in [0.2, 0.25) is 0 Å². The second kappa shape index (κ2) is 1.98. The van der Waals surface area contributed by atoms with Gasteiger partial charge in [-0.25, -0.2) is 10.4 Å². The van der Waals surface area contributed by atoms with E-state index in [1.54, 1.807) is 24.0 Å². The average Bonchev–Trinajstić information content (AvgIpc) is 2.34. The summed E-state index contributed by atoms with van der Waals surface area (Å²) in [6.07, 6.45) is 3.30. The summed E-state index contributed by atoms with van der Waals surface area (Å²) >= 11 is 0. The Hall–Kier alpha value is -1.03. The van der Waals surface area contributed by atoms with Gasteiger partial charge in [0.15, 0.2) is 0 Å². The summed E-state index contributed by atoms with van der Waals surface area (Å²) in [5.74, 6) is 0. The summed E-state index contributed by atoms with van der Waals surface area (Å²) in [7, 11) is -0.974. The number of aromatic nitrogens is 1. The number of pyridine rings is 1. The van der Waals surface area contributed by atoms with E-state index < -0.39 is 10.4 Å². The molecule has 0 aromatic carbocycles. The van der Waals surface area contributed by atoms with Crippen LogP contribution >= 0.6 is 0 Å². The van der Waals surface area contributed by atoms with Gasteiger partial charge in [0.1, 0.15) is 0 Å². The molecule has 0 spiro atoms. The van der Waals surface area contributed by atoms with Crippen molar-refractivity contribution in [1.82, 2.24) is 4.98 Å². The predicted octanol–water partition coefficient (Wildman–Crippen LogP) is 0.589. The zero-order chi connectivity index (χ0) is 6.97. The second-order valence-corrected chi connectivity index (χ2v) is 3.20. The van der Waals surface area contributed by atoms with Crippen molar-refractivity contribution in [3.8, 4) is 0 Å². The van der Waals surface area contributed by atoms with E-state index in [0.29, 0.717) is 0 Å². The average molecular weight is 153 g/mol. The van der Waals surface area contributed by atoms with E-state index in [4.69, 9.17) is 0 Å². The van der Waals surface area contributed by atoms with Gasteiger partial charge in [-0.05, 0) is 0 Å². The van der Waals surface area contributed by atoms with Crippen molar-refractivity contribution < 1.29 is 4.21 Å². The van der Waals surface area contributed by atoms with Gasteiger partial charge in [-0.1, -0.05) is 16.5 Å². The lowest BCUT2D eigenvalue weighted by Gasteiger charge is -2.00. The molecular formula is C6H5N2OS-. The molecule has 2 heterocycles. The molecule has 0 fully saturated rings. The zero-order valence-corrected chi connectivity index (χ0v) is 5.89. The molecule has 1 aromatic rings. The fraction of sp³-hybridized carbons (Fsp3) is 0. The first kappa shape index (κ1) is 5.73. The largest absolute Gasteiger partial charge is 0.456 e. The van der Waals surface area contributed by atoms with Crippen LogP contribution < -0.4 is 5.32 Å². The third-order valence-electron chi connectivity index (χ3n) is 1.32. The highest BCUT2D eigenvalue weighted by Gasteiger charge is 1.96. The SMILES string of the molecule is O=[S-]1=CNc2cnccc21. The predicted molar refractivity (Wildman–Crippen MR) is 40.2 cm³/mol. The van der Waals surface area contributed by atoms with Gasteiger partial charge in [-0.3, -0.25) is 4.98 Å². The summed E-state index contributed by atoms with van der Waals surface area (Å²) in [5.41, 5.74) is 2.40. The summed E-state index contributed by atoms with van der Waals surface area (Å²) in [4.78, 5) is 4.69. The Balaban J connectivity index is 2.72. The van der Waals surface area contributed by atoms with Crippen molar-refractivity contribution in [3.05, 3.63) is 18.5 Å². The molecule has 2 rings (SSSR count). The fourth-order valence-corrected chi connectivity index (χ4v) is 1.73. The van der Waals surface area contributed by atoms with E-state index in [1.165, 1.54) is 0 Å². The number of anilines is 1. The van der Waals surface area contributed by atoms with Gasteiger partial charge < -0.3 is 9.53 Å². The van der Waals surface area contributed by atoms with Gasteiger partial charge in [0.05, 0.1) is 0 Å². The van der Waals surface area contributed by atoms with E-state index in [2.05, 4.69) is 10.3 Å². The lowest BCUT2D eigenvalue weighted by atomic mass is 10.4. The van der Waals surface area contributed by atoms with Gasteiger partial charge >= 0.3 is 0 Å². The standard InChI is InChI=1S/C6H5N2OS/c9-10-4-8-5-3-7-2-1-6(5)10/h1-4,8H/q-1. The number of nitrogens with one attached hydrogen (secondary N) is 1. The summed E-state index contributed by atoms with van der Waals surface area (Å²) in [6, 6.07) is 1.75.